The number of allylic oxidation sites excluding steroid dienone is 2. The van der Waals surface area contributed by atoms with Crippen molar-refractivity contribution in [3.8, 4) is 11.5 Å². The van der Waals surface area contributed by atoms with E-state index in [0.717, 1.165) is 44.5 Å². The van der Waals surface area contributed by atoms with E-state index in [9.17, 15) is 19.7 Å². The minimum Gasteiger partial charge on any atom is -0.493 e. The number of hydrogen-bond acceptors (Lipinski definition) is 7. The van der Waals surface area contributed by atoms with Crippen LogP contribution in [0.4, 0.5) is 5.69 Å². The highest BCUT2D eigenvalue weighted by Crippen LogP contribution is 2.38. The summed E-state index contributed by atoms with van der Waals surface area (Å²) >= 11 is 0. The quantitative estimate of drug-likeness (QED) is 0.262. The Kier molecular flexibility index (Phi) is 7.45. The van der Waals surface area contributed by atoms with Gasteiger partial charge in [-0.15, -0.1) is 0 Å². The highest BCUT2D eigenvalue weighted by molar-refractivity contribution is 6.14. The van der Waals surface area contributed by atoms with Crippen molar-refractivity contribution < 1.29 is 24.0 Å². The first-order valence-electron chi connectivity index (χ1n) is 11.8. The van der Waals surface area contributed by atoms with E-state index in [-0.39, 0.29) is 23.4 Å². The number of likely N-dealkylation sites (tertiary alicyclic amines) is 1. The van der Waals surface area contributed by atoms with Crippen LogP contribution in [0.5, 0.6) is 11.5 Å². The average Bonchev–Trinajstić information content (AvgIpc) is 3.20. The average molecular weight is 480 g/mol. The monoisotopic (exact) mass is 479 g/mol. The van der Waals surface area contributed by atoms with Crippen LogP contribution in [0.1, 0.15) is 53.8 Å². The number of nitrogens with one attached hydrogen (secondary N) is 1. The first kappa shape index (κ1) is 24.4. The van der Waals surface area contributed by atoms with Gasteiger partial charge in [0.25, 0.3) is 11.6 Å². The Labute approximate surface area is 203 Å². The van der Waals surface area contributed by atoms with Gasteiger partial charge in [-0.25, -0.2) is 0 Å². The summed E-state index contributed by atoms with van der Waals surface area (Å²) in [5.74, 6) is 1.13. The molecule has 0 radical (unpaired) electrons. The molecule has 2 aliphatic rings. The standard InChI is InChI=1S/C26H29N3O6/c1-17(2)25-24(30)23-21(5-3-6-22(23)35-25)34-16-4-13-28-14-11-19(12-15-28)27-26(31)18-7-9-20(10-8-18)29(32)33/h3,5-10,19H,4,11-16H2,1-2H3,(H,27,31). The van der Waals surface area contributed by atoms with Crippen molar-refractivity contribution in [1.29, 1.82) is 0 Å². The van der Waals surface area contributed by atoms with Gasteiger partial charge < -0.3 is 19.7 Å². The Bertz CT molecular complexity index is 1150. The molecule has 1 N–H and O–H groups in total. The molecule has 9 heteroatoms. The normalized spacial score (nSPS) is 15.9. The molecule has 4 rings (SSSR count). The zero-order valence-corrected chi connectivity index (χ0v) is 19.9. The molecule has 0 spiro atoms. The minimum absolute atomic E-state index is 0.0342. The van der Waals surface area contributed by atoms with Gasteiger partial charge in [0.05, 0.1) is 11.5 Å². The number of nitrogens with zero attached hydrogens (tertiary/aromatic N) is 2. The van der Waals surface area contributed by atoms with Crippen LogP contribution in [0.15, 0.2) is 53.8 Å². The number of carbonyl (C=O) groups excluding carboxylic acids is 2. The number of non-ortho nitro benzene ring substituents is 1. The number of fused-ring (bicyclic) bond motifs is 1. The SMILES string of the molecule is CC(C)=C1Oc2cccc(OCCCN3CCC(NC(=O)c4ccc([N+](=O)[O-])cc4)CC3)c2C1=O. The molecule has 1 fully saturated rings. The number of ether oxygens (including phenoxy) is 2. The fraction of sp³-hybridized carbons (Fsp3) is 0.385. The van der Waals surface area contributed by atoms with E-state index in [4.69, 9.17) is 9.47 Å². The van der Waals surface area contributed by atoms with Crippen LogP contribution in [-0.4, -0.2) is 53.8 Å². The maximum Gasteiger partial charge on any atom is 0.269 e. The summed E-state index contributed by atoms with van der Waals surface area (Å²) in [5, 5.41) is 13.8. The second kappa shape index (κ2) is 10.7. The zero-order valence-electron chi connectivity index (χ0n) is 19.9. The van der Waals surface area contributed by atoms with E-state index in [1.807, 2.05) is 19.9 Å². The Morgan fingerprint density at radius 1 is 1.17 bits per heavy atom. The number of hydrogen-bond donors (Lipinski definition) is 1. The third kappa shape index (κ3) is 5.68. The number of benzene rings is 2. The molecule has 0 atom stereocenters. The fourth-order valence-corrected chi connectivity index (χ4v) is 4.31. The van der Waals surface area contributed by atoms with Gasteiger partial charge in [0.1, 0.15) is 17.1 Å². The first-order chi connectivity index (χ1) is 16.8. The molecule has 184 valence electrons. The molecule has 0 bridgehead atoms. The number of rotatable bonds is 8. The molecule has 2 heterocycles. The van der Waals surface area contributed by atoms with Gasteiger partial charge in [0.15, 0.2) is 5.76 Å². The predicted molar refractivity (Wildman–Crippen MR) is 130 cm³/mol. The van der Waals surface area contributed by atoms with E-state index in [1.54, 1.807) is 12.1 Å². The number of nitro benzene ring substituents is 1. The Morgan fingerprint density at radius 3 is 2.54 bits per heavy atom. The van der Waals surface area contributed by atoms with Gasteiger partial charge in [0.2, 0.25) is 5.78 Å². The fourth-order valence-electron chi connectivity index (χ4n) is 4.31. The minimum atomic E-state index is -0.483. The number of amides is 1. The molecule has 0 aromatic heterocycles. The predicted octanol–water partition coefficient (Wildman–Crippen LogP) is 4.13. The van der Waals surface area contributed by atoms with Crippen LogP contribution in [0.25, 0.3) is 0 Å². The van der Waals surface area contributed by atoms with Gasteiger partial charge in [-0.1, -0.05) is 6.07 Å². The Morgan fingerprint density at radius 2 is 1.89 bits per heavy atom. The number of nitro groups is 1. The molecule has 0 saturated carbocycles. The second-order valence-electron chi connectivity index (χ2n) is 8.98. The number of piperidine rings is 1. The number of Topliss-reactive ketones (excluding diaryl/α,β-unsaturated/α-hetero) is 1. The highest BCUT2D eigenvalue weighted by Gasteiger charge is 2.31. The largest absolute Gasteiger partial charge is 0.493 e. The van der Waals surface area contributed by atoms with Crippen LogP contribution >= 0.6 is 0 Å². The molecular formula is C26H29N3O6. The molecule has 0 aliphatic carbocycles. The third-order valence-corrected chi connectivity index (χ3v) is 6.23. The Hall–Kier alpha value is -3.72. The Balaban J connectivity index is 1.19. The van der Waals surface area contributed by atoms with Gasteiger partial charge in [0, 0.05) is 43.4 Å². The van der Waals surface area contributed by atoms with Gasteiger partial charge in [-0.05, 0) is 62.9 Å². The van der Waals surface area contributed by atoms with Gasteiger partial charge in [-0.3, -0.25) is 19.7 Å². The molecular weight excluding hydrogens is 450 g/mol. The van der Waals surface area contributed by atoms with E-state index >= 15 is 0 Å². The lowest BCUT2D eigenvalue weighted by molar-refractivity contribution is -0.384. The zero-order chi connectivity index (χ0) is 24.9. The van der Waals surface area contributed by atoms with E-state index in [2.05, 4.69) is 10.2 Å². The lowest BCUT2D eigenvalue weighted by atomic mass is 10.0. The smallest absolute Gasteiger partial charge is 0.269 e. The maximum atomic E-state index is 12.7. The van der Waals surface area contributed by atoms with Crippen molar-refractivity contribution in [2.75, 3.05) is 26.2 Å². The number of ketones is 1. The summed E-state index contributed by atoms with van der Waals surface area (Å²) in [6, 6.07) is 11.1. The summed E-state index contributed by atoms with van der Waals surface area (Å²) in [4.78, 5) is 37.7. The van der Waals surface area contributed by atoms with Gasteiger partial charge >= 0.3 is 0 Å². The van der Waals surface area contributed by atoms with Crippen LogP contribution in [0.3, 0.4) is 0 Å². The highest BCUT2D eigenvalue weighted by atomic mass is 16.6. The molecule has 0 unspecified atom stereocenters. The molecule has 35 heavy (non-hydrogen) atoms. The van der Waals surface area contributed by atoms with Crippen LogP contribution < -0.4 is 14.8 Å². The van der Waals surface area contributed by atoms with Crippen LogP contribution in [0, 0.1) is 10.1 Å². The third-order valence-electron chi connectivity index (χ3n) is 6.23. The molecule has 1 saturated heterocycles. The van der Waals surface area contributed by atoms with Crippen molar-refractivity contribution in [2.45, 2.75) is 39.2 Å². The second-order valence-corrected chi connectivity index (χ2v) is 8.98. The van der Waals surface area contributed by atoms with Crippen LogP contribution in [0.2, 0.25) is 0 Å². The summed E-state index contributed by atoms with van der Waals surface area (Å²) < 4.78 is 11.6. The van der Waals surface area contributed by atoms with Crippen molar-refractivity contribution in [2.24, 2.45) is 0 Å². The summed E-state index contributed by atoms with van der Waals surface area (Å²) in [7, 11) is 0. The molecule has 2 aromatic rings. The van der Waals surface area contributed by atoms with E-state index in [0.29, 0.717) is 35.0 Å². The topological polar surface area (TPSA) is 111 Å². The molecule has 2 aromatic carbocycles. The van der Waals surface area contributed by atoms with Crippen molar-refractivity contribution >= 4 is 17.4 Å². The lowest BCUT2D eigenvalue weighted by Crippen LogP contribution is -2.45. The van der Waals surface area contributed by atoms with E-state index in [1.165, 1.54) is 24.3 Å². The summed E-state index contributed by atoms with van der Waals surface area (Å²) in [6.45, 7) is 6.78. The summed E-state index contributed by atoms with van der Waals surface area (Å²) in [6.07, 6.45) is 2.49. The molecule has 1 amide bonds. The van der Waals surface area contributed by atoms with Crippen molar-refractivity contribution in [3.05, 3.63) is 75.0 Å². The summed E-state index contributed by atoms with van der Waals surface area (Å²) in [5.41, 5.74) is 1.72. The maximum absolute atomic E-state index is 12.7. The van der Waals surface area contributed by atoms with Crippen molar-refractivity contribution in [3.63, 3.8) is 0 Å². The van der Waals surface area contributed by atoms with Crippen molar-refractivity contribution in [1.82, 2.24) is 10.2 Å². The number of carbonyl (C=O) groups is 2. The van der Waals surface area contributed by atoms with Gasteiger partial charge in [-0.2, -0.15) is 0 Å². The van der Waals surface area contributed by atoms with Crippen LogP contribution in [-0.2, 0) is 0 Å². The van der Waals surface area contributed by atoms with E-state index < -0.39 is 4.92 Å². The molecule has 9 nitrogen and oxygen atoms in total. The first-order valence-corrected chi connectivity index (χ1v) is 11.8. The molecule has 2 aliphatic heterocycles. The lowest BCUT2D eigenvalue weighted by Gasteiger charge is -2.32.